The number of hydrogen-bond acceptors (Lipinski definition) is 6. The first-order valence-corrected chi connectivity index (χ1v) is 8.82. The van der Waals surface area contributed by atoms with Gasteiger partial charge >= 0.3 is 0 Å². The summed E-state index contributed by atoms with van der Waals surface area (Å²) in [7, 11) is 0. The minimum atomic E-state index is 0.415. The SMILES string of the molecule is Cc1ccc(C)c(Nc2nc(Nc3cccc(Cl)c3)nc3nccnc23)c1. The van der Waals surface area contributed by atoms with Crippen LogP contribution in [0.15, 0.2) is 54.9 Å². The van der Waals surface area contributed by atoms with E-state index in [9.17, 15) is 0 Å². The van der Waals surface area contributed by atoms with Crippen molar-refractivity contribution in [2.24, 2.45) is 0 Å². The van der Waals surface area contributed by atoms with E-state index in [0.29, 0.717) is 28.0 Å². The molecule has 134 valence electrons. The van der Waals surface area contributed by atoms with Crippen LogP contribution in [0.1, 0.15) is 11.1 Å². The highest BCUT2D eigenvalue weighted by Crippen LogP contribution is 2.26. The number of halogens is 1. The average molecular weight is 377 g/mol. The van der Waals surface area contributed by atoms with Crippen molar-refractivity contribution >= 4 is 45.9 Å². The molecule has 0 saturated carbocycles. The van der Waals surface area contributed by atoms with E-state index in [1.807, 2.05) is 31.2 Å². The zero-order valence-electron chi connectivity index (χ0n) is 14.9. The Morgan fingerprint density at radius 1 is 0.889 bits per heavy atom. The van der Waals surface area contributed by atoms with Gasteiger partial charge in [-0.2, -0.15) is 9.97 Å². The number of anilines is 4. The third kappa shape index (κ3) is 3.80. The Balaban J connectivity index is 1.77. The van der Waals surface area contributed by atoms with Crippen molar-refractivity contribution in [1.82, 2.24) is 19.9 Å². The van der Waals surface area contributed by atoms with Gasteiger partial charge in [0.2, 0.25) is 5.95 Å². The van der Waals surface area contributed by atoms with Crippen molar-refractivity contribution in [2.45, 2.75) is 13.8 Å². The summed E-state index contributed by atoms with van der Waals surface area (Å²) in [4.78, 5) is 17.8. The molecule has 0 aliphatic rings. The quantitative estimate of drug-likeness (QED) is 0.511. The number of benzene rings is 2. The van der Waals surface area contributed by atoms with Gasteiger partial charge < -0.3 is 10.6 Å². The number of hydrogen-bond donors (Lipinski definition) is 2. The lowest BCUT2D eigenvalue weighted by Crippen LogP contribution is -2.04. The molecule has 0 aliphatic heterocycles. The molecule has 0 aliphatic carbocycles. The van der Waals surface area contributed by atoms with Crippen molar-refractivity contribution in [3.05, 3.63) is 71.0 Å². The van der Waals surface area contributed by atoms with Crippen LogP contribution in [0.3, 0.4) is 0 Å². The fraction of sp³-hybridized carbons (Fsp3) is 0.100. The van der Waals surface area contributed by atoms with E-state index in [0.717, 1.165) is 22.5 Å². The predicted molar refractivity (Wildman–Crippen MR) is 109 cm³/mol. The lowest BCUT2D eigenvalue weighted by Gasteiger charge is -2.13. The van der Waals surface area contributed by atoms with Gasteiger partial charge in [-0.1, -0.05) is 29.8 Å². The van der Waals surface area contributed by atoms with Crippen molar-refractivity contribution in [2.75, 3.05) is 10.6 Å². The lowest BCUT2D eigenvalue weighted by molar-refractivity contribution is 1.14. The summed E-state index contributed by atoms with van der Waals surface area (Å²) in [5.74, 6) is 1.00. The number of rotatable bonds is 4. The first-order valence-electron chi connectivity index (χ1n) is 8.44. The molecule has 2 N–H and O–H groups in total. The maximum atomic E-state index is 6.06. The third-order valence-electron chi connectivity index (χ3n) is 4.06. The maximum Gasteiger partial charge on any atom is 0.231 e. The van der Waals surface area contributed by atoms with E-state index in [1.165, 1.54) is 0 Å². The number of aryl methyl sites for hydroxylation is 2. The minimum Gasteiger partial charge on any atom is -0.338 e. The van der Waals surface area contributed by atoms with Gasteiger partial charge in [0.25, 0.3) is 0 Å². The summed E-state index contributed by atoms with van der Waals surface area (Å²) in [6.45, 7) is 4.09. The van der Waals surface area contributed by atoms with E-state index < -0.39 is 0 Å². The van der Waals surface area contributed by atoms with Gasteiger partial charge in [-0.3, -0.25) is 0 Å². The number of nitrogens with zero attached hydrogens (tertiary/aromatic N) is 4. The highest BCUT2D eigenvalue weighted by molar-refractivity contribution is 6.30. The van der Waals surface area contributed by atoms with Gasteiger partial charge in [-0.15, -0.1) is 0 Å². The lowest BCUT2D eigenvalue weighted by atomic mass is 10.1. The monoisotopic (exact) mass is 376 g/mol. The van der Waals surface area contributed by atoms with E-state index in [1.54, 1.807) is 12.4 Å². The largest absolute Gasteiger partial charge is 0.338 e. The van der Waals surface area contributed by atoms with E-state index in [2.05, 4.69) is 55.7 Å². The van der Waals surface area contributed by atoms with Crippen LogP contribution in [0.4, 0.5) is 23.1 Å². The number of fused-ring (bicyclic) bond motifs is 1. The molecule has 0 amide bonds. The molecule has 4 rings (SSSR count). The molecule has 0 atom stereocenters. The Morgan fingerprint density at radius 2 is 1.74 bits per heavy atom. The Bertz CT molecular complexity index is 1130. The molecule has 0 spiro atoms. The van der Waals surface area contributed by atoms with E-state index in [4.69, 9.17) is 11.6 Å². The fourth-order valence-electron chi connectivity index (χ4n) is 2.70. The van der Waals surface area contributed by atoms with Crippen LogP contribution in [0.2, 0.25) is 5.02 Å². The molecule has 0 bridgehead atoms. The summed E-state index contributed by atoms with van der Waals surface area (Å²) in [6.07, 6.45) is 3.24. The van der Waals surface area contributed by atoms with Crippen molar-refractivity contribution < 1.29 is 0 Å². The molecule has 0 radical (unpaired) electrons. The van der Waals surface area contributed by atoms with Gasteiger partial charge in [-0.25, -0.2) is 9.97 Å². The smallest absolute Gasteiger partial charge is 0.231 e. The van der Waals surface area contributed by atoms with Gasteiger partial charge in [0.1, 0.15) is 0 Å². The molecule has 6 nitrogen and oxygen atoms in total. The van der Waals surface area contributed by atoms with Crippen molar-refractivity contribution in [3.8, 4) is 0 Å². The van der Waals surface area contributed by atoms with Gasteiger partial charge in [-0.05, 0) is 49.2 Å². The summed E-state index contributed by atoms with van der Waals surface area (Å²) >= 11 is 6.06. The Hall–Kier alpha value is -3.25. The molecular weight excluding hydrogens is 360 g/mol. The fourth-order valence-corrected chi connectivity index (χ4v) is 2.89. The Kier molecular flexibility index (Phi) is 4.56. The average Bonchev–Trinajstić information content (AvgIpc) is 2.65. The van der Waals surface area contributed by atoms with Gasteiger partial charge in [0.15, 0.2) is 17.0 Å². The Labute approximate surface area is 161 Å². The summed E-state index contributed by atoms with van der Waals surface area (Å²) < 4.78 is 0. The molecule has 0 saturated heterocycles. The first-order chi connectivity index (χ1) is 13.1. The molecule has 2 heterocycles. The van der Waals surface area contributed by atoms with Crippen LogP contribution in [-0.4, -0.2) is 19.9 Å². The van der Waals surface area contributed by atoms with Gasteiger partial charge in [0.05, 0.1) is 0 Å². The third-order valence-corrected chi connectivity index (χ3v) is 4.29. The molecule has 2 aromatic carbocycles. The van der Waals surface area contributed by atoms with Crippen molar-refractivity contribution in [1.29, 1.82) is 0 Å². The second-order valence-corrected chi connectivity index (χ2v) is 6.64. The molecule has 27 heavy (non-hydrogen) atoms. The second kappa shape index (κ2) is 7.17. The summed E-state index contributed by atoms with van der Waals surface area (Å²) in [6, 6.07) is 13.6. The standard InChI is InChI=1S/C20H17ClN6/c1-12-6-7-13(2)16(10-12)25-19-17-18(23-9-8-22-17)26-20(27-19)24-15-5-3-4-14(21)11-15/h3-11H,1-2H3,(H2,23,24,25,26,27). The van der Waals surface area contributed by atoms with Crippen LogP contribution in [-0.2, 0) is 0 Å². The molecule has 4 aromatic rings. The summed E-state index contributed by atoms with van der Waals surface area (Å²) in [5.41, 5.74) is 5.14. The van der Waals surface area contributed by atoms with Crippen LogP contribution >= 0.6 is 11.6 Å². The van der Waals surface area contributed by atoms with Crippen molar-refractivity contribution in [3.63, 3.8) is 0 Å². The summed E-state index contributed by atoms with van der Waals surface area (Å²) in [5, 5.41) is 7.18. The second-order valence-electron chi connectivity index (χ2n) is 6.20. The van der Waals surface area contributed by atoms with Crippen LogP contribution in [0, 0.1) is 13.8 Å². The number of nitrogens with one attached hydrogen (secondary N) is 2. The number of aromatic nitrogens is 4. The molecule has 0 fully saturated rings. The zero-order chi connectivity index (χ0) is 18.8. The normalized spacial score (nSPS) is 10.8. The maximum absolute atomic E-state index is 6.06. The predicted octanol–water partition coefficient (Wildman–Crippen LogP) is 5.18. The minimum absolute atomic E-state index is 0.415. The first kappa shape index (κ1) is 17.2. The highest BCUT2D eigenvalue weighted by atomic mass is 35.5. The van der Waals surface area contributed by atoms with Gasteiger partial charge in [0, 0.05) is 28.8 Å². The van der Waals surface area contributed by atoms with E-state index >= 15 is 0 Å². The topological polar surface area (TPSA) is 75.6 Å². The Morgan fingerprint density at radius 3 is 2.59 bits per heavy atom. The van der Waals surface area contributed by atoms with Crippen LogP contribution < -0.4 is 10.6 Å². The highest BCUT2D eigenvalue weighted by Gasteiger charge is 2.12. The van der Waals surface area contributed by atoms with E-state index in [-0.39, 0.29) is 0 Å². The molecule has 7 heteroatoms. The molecule has 0 unspecified atom stereocenters. The van der Waals surface area contributed by atoms with Crippen LogP contribution in [0.5, 0.6) is 0 Å². The molecular formula is C20H17ClN6. The molecule has 2 aromatic heterocycles. The van der Waals surface area contributed by atoms with Crippen LogP contribution in [0.25, 0.3) is 11.2 Å². The zero-order valence-corrected chi connectivity index (χ0v) is 15.6.